The molecule has 0 spiro atoms. The third-order valence-corrected chi connectivity index (χ3v) is 6.70. The van der Waals surface area contributed by atoms with Crippen LogP contribution in [-0.2, 0) is 46.6 Å². The number of carbonyl (C=O) groups excluding carboxylic acids is 5. The zero-order valence-electron chi connectivity index (χ0n) is 24.2. The van der Waals surface area contributed by atoms with Crippen LogP contribution in [-0.4, -0.2) is 65.4 Å². The predicted molar refractivity (Wildman–Crippen MR) is 153 cm³/mol. The van der Waals surface area contributed by atoms with E-state index in [-0.39, 0.29) is 31.3 Å². The summed E-state index contributed by atoms with van der Waals surface area (Å²) in [6, 6.07) is 12.8. The Morgan fingerprint density at radius 1 is 0.907 bits per heavy atom. The van der Waals surface area contributed by atoms with Crippen molar-refractivity contribution >= 4 is 41.3 Å². The Hall–Kier alpha value is -4.78. The van der Waals surface area contributed by atoms with Crippen LogP contribution in [0.4, 0.5) is 10.5 Å². The van der Waals surface area contributed by atoms with E-state index < -0.39 is 60.8 Å². The van der Waals surface area contributed by atoms with Crippen LogP contribution >= 0.6 is 0 Å². The predicted octanol–water partition coefficient (Wildman–Crippen LogP) is 1.88. The van der Waals surface area contributed by atoms with E-state index in [0.29, 0.717) is 5.69 Å². The maximum absolute atomic E-state index is 12.8. The van der Waals surface area contributed by atoms with Crippen molar-refractivity contribution < 1.29 is 43.4 Å². The highest BCUT2D eigenvalue weighted by molar-refractivity contribution is 6.00. The van der Waals surface area contributed by atoms with Crippen molar-refractivity contribution in [3.63, 3.8) is 0 Å². The number of Topliss-reactive ketones (excluding diaryl/α,β-unsaturated/α-hetero) is 1. The molecule has 0 saturated heterocycles. The zero-order chi connectivity index (χ0) is 31.5. The summed E-state index contributed by atoms with van der Waals surface area (Å²) in [5.74, 6) is -4.01. The van der Waals surface area contributed by atoms with Crippen LogP contribution in [0.3, 0.4) is 0 Å². The number of hydrogen-bond donors (Lipinski definition) is 4. The molecular formula is C30H36N4O9. The quantitative estimate of drug-likeness (QED) is 0.239. The van der Waals surface area contributed by atoms with E-state index in [1.807, 2.05) is 44.2 Å². The fourth-order valence-corrected chi connectivity index (χ4v) is 4.25. The minimum absolute atomic E-state index is 0.0593. The maximum Gasteiger partial charge on any atom is 0.407 e. The van der Waals surface area contributed by atoms with Crippen molar-refractivity contribution in [3.8, 4) is 0 Å². The van der Waals surface area contributed by atoms with E-state index >= 15 is 0 Å². The molecule has 4 N–H and O–H groups in total. The van der Waals surface area contributed by atoms with Crippen molar-refractivity contribution in [2.24, 2.45) is 5.92 Å². The Morgan fingerprint density at radius 2 is 1.58 bits per heavy atom. The largest absolute Gasteiger partial charge is 0.481 e. The number of nitrogens with one attached hydrogen (secondary N) is 3. The topological polar surface area (TPSA) is 180 Å². The molecule has 230 valence electrons. The number of carbonyl (C=O) groups is 6. The van der Waals surface area contributed by atoms with Gasteiger partial charge < -0.3 is 25.8 Å². The molecule has 0 saturated carbocycles. The average molecular weight is 597 g/mol. The molecule has 2 aromatic rings. The second-order valence-corrected chi connectivity index (χ2v) is 10.4. The lowest BCUT2D eigenvalue weighted by Crippen LogP contribution is -2.52. The monoisotopic (exact) mass is 596 g/mol. The van der Waals surface area contributed by atoms with Crippen molar-refractivity contribution in [3.05, 3.63) is 65.7 Å². The second kappa shape index (κ2) is 15.4. The number of benzene rings is 2. The Bertz CT molecular complexity index is 1330. The summed E-state index contributed by atoms with van der Waals surface area (Å²) in [7, 11) is 0. The third kappa shape index (κ3) is 9.92. The number of nitrogens with zero attached hydrogens (tertiary/aromatic N) is 1. The zero-order valence-corrected chi connectivity index (χ0v) is 24.2. The molecule has 3 atom stereocenters. The summed E-state index contributed by atoms with van der Waals surface area (Å²) in [4.78, 5) is 79.7. The van der Waals surface area contributed by atoms with Gasteiger partial charge in [-0.3, -0.25) is 28.8 Å². The van der Waals surface area contributed by atoms with Crippen LogP contribution in [0, 0.1) is 5.92 Å². The molecule has 1 heterocycles. The van der Waals surface area contributed by atoms with Gasteiger partial charge in [0.15, 0.2) is 5.78 Å². The molecule has 0 fully saturated rings. The number of rotatable bonds is 15. The van der Waals surface area contributed by atoms with Gasteiger partial charge in [0, 0.05) is 12.5 Å². The molecule has 43 heavy (non-hydrogen) atoms. The van der Waals surface area contributed by atoms with Gasteiger partial charge in [0.1, 0.15) is 25.3 Å². The van der Waals surface area contributed by atoms with Gasteiger partial charge in [0.25, 0.3) is 5.91 Å². The normalized spacial score (nSPS) is 14.3. The average Bonchev–Trinajstić information content (AvgIpc) is 3.28. The van der Waals surface area contributed by atoms with Crippen molar-refractivity contribution in [1.29, 1.82) is 0 Å². The van der Waals surface area contributed by atoms with Gasteiger partial charge in [-0.05, 0) is 30.0 Å². The number of aliphatic carboxylic acids is 1. The van der Waals surface area contributed by atoms with Gasteiger partial charge in [0.2, 0.25) is 11.8 Å². The Kier molecular flexibility index (Phi) is 11.8. The molecule has 0 radical (unpaired) electrons. The van der Waals surface area contributed by atoms with Crippen LogP contribution in [0.1, 0.15) is 44.7 Å². The number of hydroxylamine groups is 1. The first kappa shape index (κ1) is 32.7. The first-order valence-corrected chi connectivity index (χ1v) is 13.8. The molecule has 2 aromatic carbocycles. The van der Waals surface area contributed by atoms with Crippen LogP contribution in [0.25, 0.3) is 0 Å². The number of ether oxygens (including phenoxy) is 1. The number of para-hydroxylation sites is 1. The SMILES string of the molecule is CC(NC(=O)CC(NC(=O)OCc1ccccc1)C(C)C)C(=O)NC(CC(=O)O)C(=O)CON1C(=O)Cc2ccccc21. The highest BCUT2D eigenvalue weighted by atomic mass is 16.7. The lowest BCUT2D eigenvalue weighted by Gasteiger charge is -2.24. The van der Waals surface area contributed by atoms with E-state index in [2.05, 4.69) is 16.0 Å². The van der Waals surface area contributed by atoms with Crippen LogP contribution < -0.4 is 21.0 Å². The van der Waals surface area contributed by atoms with E-state index in [0.717, 1.165) is 16.2 Å². The van der Waals surface area contributed by atoms with E-state index in [1.165, 1.54) is 6.92 Å². The molecule has 13 nitrogen and oxygen atoms in total. The molecule has 4 amide bonds. The molecule has 3 unspecified atom stereocenters. The minimum atomic E-state index is -1.47. The van der Waals surface area contributed by atoms with Gasteiger partial charge in [-0.25, -0.2) is 4.79 Å². The molecule has 1 aliphatic heterocycles. The number of fused-ring (bicyclic) bond motifs is 1. The molecule has 3 rings (SSSR count). The number of amides is 4. The molecule has 1 aliphatic rings. The first-order valence-electron chi connectivity index (χ1n) is 13.8. The highest BCUT2D eigenvalue weighted by Crippen LogP contribution is 2.28. The summed E-state index contributed by atoms with van der Waals surface area (Å²) in [5, 5.41) is 17.8. The van der Waals surface area contributed by atoms with Gasteiger partial charge >= 0.3 is 12.1 Å². The van der Waals surface area contributed by atoms with Gasteiger partial charge in [-0.2, -0.15) is 5.06 Å². The number of carboxylic acids is 1. The van der Waals surface area contributed by atoms with Crippen LogP contribution in [0.15, 0.2) is 54.6 Å². The van der Waals surface area contributed by atoms with E-state index in [9.17, 15) is 33.9 Å². The second-order valence-electron chi connectivity index (χ2n) is 10.4. The lowest BCUT2D eigenvalue weighted by molar-refractivity contribution is -0.142. The number of anilines is 1. The fraction of sp³-hybridized carbons (Fsp3) is 0.400. The highest BCUT2D eigenvalue weighted by Gasteiger charge is 2.31. The van der Waals surface area contributed by atoms with Gasteiger partial charge in [-0.1, -0.05) is 62.4 Å². The third-order valence-electron chi connectivity index (χ3n) is 6.70. The summed E-state index contributed by atoms with van der Waals surface area (Å²) in [6.45, 7) is 4.39. The summed E-state index contributed by atoms with van der Waals surface area (Å²) in [6.07, 6.45) is -1.49. The summed E-state index contributed by atoms with van der Waals surface area (Å²) < 4.78 is 5.23. The van der Waals surface area contributed by atoms with Crippen LogP contribution in [0.2, 0.25) is 0 Å². The number of hydrogen-bond acceptors (Lipinski definition) is 8. The van der Waals surface area contributed by atoms with E-state index in [1.54, 1.807) is 24.3 Å². The molecule has 13 heteroatoms. The Balaban J connectivity index is 1.51. The lowest BCUT2D eigenvalue weighted by atomic mass is 10.0. The number of carboxylic acid groups (broad SMARTS) is 1. The summed E-state index contributed by atoms with van der Waals surface area (Å²) in [5.41, 5.74) is 2.01. The first-order chi connectivity index (χ1) is 20.4. The van der Waals surface area contributed by atoms with Crippen molar-refractivity contribution in [2.45, 2.75) is 64.8 Å². The Morgan fingerprint density at radius 3 is 2.26 bits per heavy atom. The van der Waals surface area contributed by atoms with Crippen molar-refractivity contribution in [2.75, 3.05) is 11.7 Å². The van der Waals surface area contributed by atoms with Gasteiger partial charge in [0.05, 0.1) is 18.5 Å². The van der Waals surface area contributed by atoms with Crippen molar-refractivity contribution in [1.82, 2.24) is 16.0 Å². The maximum atomic E-state index is 12.8. The molecular weight excluding hydrogens is 560 g/mol. The fourth-order valence-electron chi connectivity index (χ4n) is 4.25. The minimum Gasteiger partial charge on any atom is -0.481 e. The van der Waals surface area contributed by atoms with E-state index in [4.69, 9.17) is 9.57 Å². The standard InChI is InChI=1S/C30H36N4O9/c1-18(2)22(33-30(41)42-16-20-9-5-4-6-10-20)14-26(36)31-19(3)29(40)32-23(15-28(38)39)25(35)17-43-34-24-12-8-7-11-21(24)13-27(34)37/h4-12,18-19,22-23H,13-17H2,1-3H3,(H,31,36)(H,32,40)(H,33,41)(H,38,39). The van der Waals surface area contributed by atoms with Gasteiger partial charge in [-0.15, -0.1) is 0 Å². The number of ketones is 1. The Labute approximate surface area is 248 Å². The number of alkyl carbamates (subject to hydrolysis) is 1. The summed E-state index contributed by atoms with van der Waals surface area (Å²) >= 11 is 0. The molecule has 0 aromatic heterocycles. The molecule has 0 bridgehead atoms. The smallest absolute Gasteiger partial charge is 0.407 e. The molecule has 0 aliphatic carbocycles. The van der Waals surface area contributed by atoms with Crippen LogP contribution in [0.5, 0.6) is 0 Å².